The third-order valence-corrected chi connectivity index (χ3v) is 0.750. The molecule has 0 aromatic heterocycles. The Bertz CT molecular complexity index is 329. The van der Waals surface area contributed by atoms with Gasteiger partial charge in [0.1, 0.15) is 0 Å². The molecule has 0 aromatic rings. The summed E-state index contributed by atoms with van der Waals surface area (Å²) in [5.74, 6) is 0. The molecule has 0 aliphatic rings. The van der Waals surface area contributed by atoms with Gasteiger partial charge in [-0.15, -0.1) is 18.8 Å². The first-order valence-electron chi connectivity index (χ1n) is 2.07. The summed E-state index contributed by atoms with van der Waals surface area (Å²) in [4.78, 5) is 8.36. The Morgan fingerprint density at radius 3 is 1.12 bits per heavy atom. The third kappa shape index (κ3) is 44.2. The Balaban J connectivity index is -0.000000105. The molecule has 0 spiro atoms. The molecule has 16 heteroatoms. The summed E-state index contributed by atoms with van der Waals surface area (Å²) in [6.45, 7) is 0. The molecular formula is HK2NO11S2. The molecule has 0 aliphatic carbocycles. The number of hydrogen-bond donors (Lipinski definition) is 1. The fraction of sp³-hybridized carbons (Fsp3) is 0. The molecule has 0 radical (unpaired) electrons. The zero-order valence-corrected chi connectivity index (χ0v) is 15.7. The summed E-state index contributed by atoms with van der Waals surface area (Å²) in [6, 6.07) is 0. The van der Waals surface area contributed by atoms with Crippen molar-refractivity contribution in [2.45, 2.75) is 0 Å². The van der Waals surface area contributed by atoms with Gasteiger partial charge >= 0.3 is 103 Å². The van der Waals surface area contributed by atoms with E-state index in [9.17, 15) is 25.9 Å². The van der Waals surface area contributed by atoms with Crippen LogP contribution in [0.2, 0.25) is 0 Å². The molecule has 86 valence electrons. The van der Waals surface area contributed by atoms with Gasteiger partial charge in [0.15, 0.2) is 0 Å². The first kappa shape index (κ1) is 26.7. The zero-order valence-electron chi connectivity index (χ0n) is 7.79. The Morgan fingerprint density at radius 1 is 0.938 bits per heavy atom. The molecule has 0 aromatic carbocycles. The minimum atomic E-state index is -5.31. The molecule has 0 amide bonds. The van der Waals surface area contributed by atoms with E-state index in [0.29, 0.717) is 0 Å². The molecule has 1 N–H and O–H groups in total. The van der Waals surface area contributed by atoms with Crippen LogP contribution in [0.4, 0.5) is 0 Å². The topological polar surface area (TPSA) is 196 Å². The molecule has 0 fully saturated rings. The normalized spacial score (nSPS) is 9.88. The second kappa shape index (κ2) is 12.3. The Kier molecular flexibility index (Phi) is 20.5. The van der Waals surface area contributed by atoms with Crippen molar-refractivity contribution < 1.29 is 148 Å². The van der Waals surface area contributed by atoms with E-state index in [-0.39, 0.29) is 103 Å². The second-order valence-electron chi connectivity index (χ2n) is 1.19. The largest absolute Gasteiger partial charge is 1.00 e. The van der Waals surface area contributed by atoms with Crippen LogP contribution in [0, 0.1) is 10.1 Å². The maximum Gasteiger partial charge on any atom is 1.00 e. The van der Waals surface area contributed by atoms with E-state index in [0.717, 1.165) is 0 Å². The third-order valence-electron chi connectivity index (χ3n) is 0.194. The molecule has 0 unspecified atom stereocenters. The molecule has 0 saturated heterocycles. The maximum absolute atomic E-state index is 9.37. The molecule has 16 heavy (non-hydrogen) atoms. The van der Waals surface area contributed by atoms with Gasteiger partial charge in [-0.25, -0.2) is 16.8 Å². The van der Waals surface area contributed by atoms with Gasteiger partial charge in [0.05, 0.1) is 0 Å². The fourth-order valence-electron chi connectivity index (χ4n) is 0.0680. The smallest absolute Gasteiger partial charge is 0.724 e. The van der Waals surface area contributed by atoms with Gasteiger partial charge in [-0.1, -0.05) is 0 Å². The first-order chi connectivity index (χ1) is 5.94. The average Bonchev–Trinajstić information content (AvgIpc) is 1.79. The van der Waals surface area contributed by atoms with Crippen molar-refractivity contribution in [3.8, 4) is 0 Å². The molecular weight excluding hydrogens is 332 g/mol. The van der Waals surface area contributed by atoms with E-state index < -0.39 is 25.9 Å². The van der Waals surface area contributed by atoms with E-state index in [1.807, 2.05) is 0 Å². The molecule has 0 saturated carbocycles. The van der Waals surface area contributed by atoms with Crippen molar-refractivity contribution >= 4 is 20.8 Å². The summed E-state index contributed by atoms with van der Waals surface area (Å²) in [5.41, 5.74) is 0. The van der Waals surface area contributed by atoms with Crippen molar-refractivity contribution in [1.82, 2.24) is 0 Å². The van der Waals surface area contributed by atoms with Crippen LogP contribution < -0.4 is 103 Å². The van der Waals surface area contributed by atoms with Gasteiger partial charge in [0, 0.05) is 0 Å². The molecule has 0 heterocycles. The van der Waals surface area contributed by atoms with E-state index in [1.54, 1.807) is 0 Å². The van der Waals surface area contributed by atoms with E-state index in [1.165, 1.54) is 0 Å². The molecule has 12 nitrogen and oxygen atoms in total. The summed E-state index contributed by atoms with van der Waals surface area (Å²) in [5, 5.41) is 13.6. The Morgan fingerprint density at radius 2 is 1.06 bits per heavy atom. The second-order valence-corrected chi connectivity index (χ2v) is 3.10. The van der Waals surface area contributed by atoms with Crippen molar-refractivity contribution in [3.05, 3.63) is 10.1 Å². The summed E-state index contributed by atoms with van der Waals surface area (Å²) in [6.07, 6.45) is 0. The van der Waals surface area contributed by atoms with Crippen LogP contribution in [0.5, 0.6) is 0 Å². The predicted molar refractivity (Wildman–Crippen MR) is 30.3 cm³/mol. The van der Waals surface area contributed by atoms with Gasteiger partial charge in [-0.2, -0.15) is 0 Å². The van der Waals surface area contributed by atoms with Crippen LogP contribution >= 0.6 is 0 Å². The minimum absolute atomic E-state index is 0. The van der Waals surface area contributed by atoms with Crippen molar-refractivity contribution in [1.29, 1.82) is 0 Å². The van der Waals surface area contributed by atoms with Crippen molar-refractivity contribution in [3.63, 3.8) is 0 Å². The molecule has 0 aliphatic heterocycles. The number of hydrogen-bond acceptors (Lipinski definition) is 10. The first-order valence-corrected chi connectivity index (χ1v) is 4.73. The Hall–Kier alpha value is 2.21. The van der Waals surface area contributed by atoms with Crippen molar-refractivity contribution in [2.75, 3.05) is 0 Å². The van der Waals surface area contributed by atoms with Gasteiger partial charge in [-0.05, 0) is 0 Å². The average molecular weight is 333 g/mol. The van der Waals surface area contributed by atoms with Gasteiger partial charge in [0.2, 0.25) is 20.8 Å². The fourth-order valence-corrected chi connectivity index (χ4v) is 0.612. The van der Waals surface area contributed by atoms with Crippen LogP contribution in [0.25, 0.3) is 0 Å². The zero-order chi connectivity index (χ0) is 12.0. The summed E-state index contributed by atoms with van der Waals surface area (Å²) >= 11 is 0. The van der Waals surface area contributed by atoms with Gasteiger partial charge < -0.3 is 14.3 Å². The van der Waals surface area contributed by atoms with E-state index in [2.05, 4.69) is 8.67 Å². The summed E-state index contributed by atoms with van der Waals surface area (Å²) in [7, 11) is -10.6. The van der Waals surface area contributed by atoms with Crippen molar-refractivity contribution in [2.24, 2.45) is 0 Å². The molecule has 0 bridgehead atoms. The maximum atomic E-state index is 9.37. The molecule has 0 rings (SSSR count). The van der Waals surface area contributed by atoms with E-state index >= 15 is 0 Å². The van der Waals surface area contributed by atoms with Gasteiger partial charge in [0.25, 0.3) is 5.09 Å². The monoisotopic (exact) mass is 333 g/mol. The number of nitrogens with zero attached hydrogens (tertiary/aromatic N) is 1. The van der Waals surface area contributed by atoms with Crippen LogP contribution in [-0.4, -0.2) is 36.2 Å². The predicted octanol–water partition coefficient (Wildman–Crippen LogP) is -8.48. The summed E-state index contributed by atoms with van der Waals surface area (Å²) < 4.78 is 61.5. The van der Waals surface area contributed by atoms with Gasteiger partial charge in [-0.3, -0.25) is 0 Å². The Labute approximate surface area is 174 Å². The van der Waals surface area contributed by atoms with E-state index in [4.69, 9.17) is 15.3 Å². The van der Waals surface area contributed by atoms with Crippen LogP contribution in [0.3, 0.4) is 0 Å². The standard InChI is InChI=1S/2K.HNO3.H2O8S2/c;;2-1(3)4;1-9(2,3)7-8-10(4,5)6/h;;(H,2,3,4);(H,1,2,3)(H,4,5,6)/q2*+1;;/p-2. The van der Waals surface area contributed by atoms with Crippen LogP contribution in [0.15, 0.2) is 0 Å². The quantitative estimate of drug-likeness (QED) is 0.128. The van der Waals surface area contributed by atoms with Crippen LogP contribution in [0.1, 0.15) is 0 Å². The minimum Gasteiger partial charge on any atom is -0.724 e. The number of rotatable bonds is 3. The SMILES string of the molecule is O=S(=O)([O-])OOS(=O)(=O)[O-].O=[N+]([O-])O.[K+].[K+]. The molecule has 0 atom stereocenters. The van der Waals surface area contributed by atoms with Crippen LogP contribution in [-0.2, 0) is 29.5 Å².